The minimum atomic E-state index is -4.85. The van der Waals surface area contributed by atoms with Crippen LogP contribution in [0.25, 0.3) is 0 Å². The van der Waals surface area contributed by atoms with Crippen molar-refractivity contribution in [3.05, 3.63) is 64.7 Å². The second kappa shape index (κ2) is 8.63. The fourth-order valence-corrected chi connectivity index (χ4v) is 4.37. The van der Waals surface area contributed by atoms with Crippen molar-refractivity contribution in [2.45, 2.75) is 30.9 Å². The molecule has 0 aromatic heterocycles. The maximum absolute atomic E-state index is 13.4. The van der Waals surface area contributed by atoms with Gasteiger partial charge >= 0.3 is 18.5 Å². The first kappa shape index (κ1) is 25.2. The van der Waals surface area contributed by atoms with Gasteiger partial charge in [0.15, 0.2) is 0 Å². The topological polar surface area (TPSA) is 23.6 Å². The van der Waals surface area contributed by atoms with Gasteiger partial charge in [0.2, 0.25) is 5.91 Å². The maximum Gasteiger partial charge on any atom is 0.418 e. The molecule has 0 N–H and O–H groups in total. The number of carbonyl (C=O) groups is 1. The van der Waals surface area contributed by atoms with Crippen LogP contribution in [0.15, 0.2) is 42.5 Å². The Morgan fingerprint density at radius 1 is 0.714 bits per heavy atom. The van der Waals surface area contributed by atoms with Gasteiger partial charge in [-0.2, -0.15) is 39.5 Å². The van der Waals surface area contributed by atoms with Crippen LogP contribution in [0.4, 0.5) is 45.2 Å². The van der Waals surface area contributed by atoms with Crippen molar-refractivity contribution in [2.24, 2.45) is 5.92 Å². The molecule has 190 valence electrons. The molecule has 2 atom stereocenters. The SMILES string of the molecule is O=C(C1C[C@H]1c1ccc(C(F)(F)F)cc1)N1CCN(c2cc(C(F)(F)F)ccc2C(F)(F)F)CC1. The Bertz CT molecular complexity index is 1080. The summed E-state index contributed by atoms with van der Waals surface area (Å²) >= 11 is 0. The summed E-state index contributed by atoms with van der Waals surface area (Å²) in [5.74, 6) is -0.963. The van der Waals surface area contributed by atoms with Crippen molar-refractivity contribution in [2.75, 3.05) is 31.1 Å². The van der Waals surface area contributed by atoms with Crippen molar-refractivity contribution in [1.82, 2.24) is 4.90 Å². The van der Waals surface area contributed by atoms with Crippen molar-refractivity contribution >= 4 is 11.6 Å². The molecule has 1 unspecified atom stereocenters. The standard InChI is InChI=1S/C23H19F9N2O/c24-21(25,26)14-3-1-13(2-4-14)16-12-17(16)20(35)34-9-7-33(8-10-34)19-11-15(22(27,28)29)5-6-18(19)23(30,31)32/h1-6,11,16-17H,7-10,12H2/t16-,17?/m0/s1. The van der Waals surface area contributed by atoms with Crippen LogP contribution in [0, 0.1) is 5.92 Å². The molecule has 1 saturated heterocycles. The molecule has 2 aromatic rings. The van der Waals surface area contributed by atoms with Gasteiger partial charge < -0.3 is 9.80 Å². The van der Waals surface area contributed by atoms with Gasteiger partial charge in [0, 0.05) is 37.8 Å². The molecule has 35 heavy (non-hydrogen) atoms. The molecule has 2 aromatic carbocycles. The monoisotopic (exact) mass is 510 g/mol. The summed E-state index contributed by atoms with van der Waals surface area (Å²) in [6.07, 6.45) is -13.7. The lowest BCUT2D eigenvalue weighted by Gasteiger charge is -2.37. The van der Waals surface area contributed by atoms with Gasteiger partial charge in [0.05, 0.1) is 16.7 Å². The highest BCUT2D eigenvalue weighted by atomic mass is 19.4. The summed E-state index contributed by atoms with van der Waals surface area (Å²) in [5, 5.41) is 0. The first-order valence-electron chi connectivity index (χ1n) is 10.7. The summed E-state index contributed by atoms with van der Waals surface area (Å²) in [6.45, 7) is -0.146. The maximum atomic E-state index is 13.4. The number of carbonyl (C=O) groups excluding carboxylic acids is 1. The van der Waals surface area contributed by atoms with E-state index in [0.717, 1.165) is 12.1 Å². The minimum Gasteiger partial charge on any atom is -0.367 e. The fraction of sp³-hybridized carbons (Fsp3) is 0.435. The molecule has 4 rings (SSSR count). The van der Waals surface area contributed by atoms with Crippen molar-refractivity contribution < 1.29 is 44.3 Å². The molecule has 2 fully saturated rings. The predicted molar refractivity (Wildman–Crippen MR) is 108 cm³/mol. The summed E-state index contributed by atoms with van der Waals surface area (Å²) in [4.78, 5) is 15.4. The Hall–Kier alpha value is -2.92. The number of alkyl halides is 9. The van der Waals surface area contributed by atoms with Crippen LogP contribution in [0.1, 0.15) is 34.6 Å². The molecule has 0 bridgehead atoms. The highest BCUT2D eigenvalue weighted by Gasteiger charge is 2.47. The van der Waals surface area contributed by atoms with Crippen LogP contribution in [-0.4, -0.2) is 37.0 Å². The number of anilines is 1. The van der Waals surface area contributed by atoms with E-state index < -0.39 is 46.8 Å². The van der Waals surface area contributed by atoms with Gasteiger partial charge in [-0.3, -0.25) is 4.79 Å². The lowest BCUT2D eigenvalue weighted by molar-refractivity contribution is -0.141. The molecule has 0 radical (unpaired) electrons. The van der Waals surface area contributed by atoms with Crippen LogP contribution in [0.5, 0.6) is 0 Å². The molecule has 3 nitrogen and oxygen atoms in total. The molecule has 1 amide bonds. The molecule has 2 aliphatic rings. The molecule has 1 aliphatic carbocycles. The zero-order chi connectivity index (χ0) is 25.8. The second-order valence-corrected chi connectivity index (χ2v) is 8.61. The third-order valence-corrected chi connectivity index (χ3v) is 6.34. The number of hydrogen-bond donors (Lipinski definition) is 0. The average molecular weight is 510 g/mol. The molecule has 0 spiro atoms. The Morgan fingerprint density at radius 2 is 1.26 bits per heavy atom. The highest BCUT2D eigenvalue weighted by Crippen LogP contribution is 2.49. The fourth-order valence-electron chi connectivity index (χ4n) is 4.37. The van der Waals surface area contributed by atoms with E-state index in [-0.39, 0.29) is 38.0 Å². The first-order chi connectivity index (χ1) is 16.2. The van der Waals surface area contributed by atoms with Crippen LogP contribution < -0.4 is 4.90 Å². The number of amides is 1. The molecule has 12 heteroatoms. The molecule has 1 heterocycles. The number of rotatable bonds is 3. The molecular formula is C23H19F9N2O. The molecule has 1 aliphatic heterocycles. The van der Waals surface area contributed by atoms with Crippen LogP contribution in [0.2, 0.25) is 0 Å². The third-order valence-electron chi connectivity index (χ3n) is 6.34. The largest absolute Gasteiger partial charge is 0.418 e. The van der Waals surface area contributed by atoms with E-state index in [0.29, 0.717) is 30.2 Å². The Balaban J connectivity index is 1.42. The van der Waals surface area contributed by atoms with E-state index in [4.69, 9.17) is 0 Å². The average Bonchev–Trinajstić information content (AvgIpc) is 3.57. The zero-order valence-electron chi connectivity index (χ0n) is 17.9. The van der Waals surface area contributed by atoms with E-state index in [9.17, 15) is 44.3 Å². The van der Waals surface area contributed by atoms with Crippen LogP contribution in [0.3, 0.4) is 0 Å². The minimum absolute atomic E-state index is 0.0165. The summed E-state index contributed by atoms with van der Waals surface area (Å²) in [7, 11) is 0. The summed E-state index contributed by atoms with van der Waals surface area (Å²) in [6, 6.07) is 5.81. The normalized spacial score (nSPS) is 21.3. The molecular weight excluding hydrogens is 491 g/mol. The van der Waals surface area contributed by atoms with Gasteiger partial charge in [0.1, 0.15) is 0 Å². The van der Waals surface area contributed by atoms with Gasteiger partial charge in [-0.1, -0.05) is 12.1 Å². The number of halogens is 9. The van der Waals surface area contributed by atoms with E-state index in [1.54, 1.807) is 0 Å². The van der Waals surface area contributed by atoms with Gasteiger partial charge in [-0.25, -0.2) is 0 Å². The summed E-state index contributed by atoms with van der Waals surface area (Å²) < 4.78 is 118. The summed E-state index contributed by atoms with van der Waals surface area (Å²) in [5.41, 5.74) is -3.18. The highest BCUT2D eigenvalue weighted by molar-refractivity contribution is 5.83. The lowest BCUT2D eigenvalue weighted by Crippen LogP contribution is -2.49. The number of benzene rings is 2. The zero-order valence-corrected chi connectivity index (χ0v) is 17.9. The van der Waals surface area contributed by atoms with Gasteiger partial charge in [-0.15, -0.1) is 0 Å². The quantitative estimate of drug-likeness (QED) is 0.460. The van der Waals surface area contributed by atoms with Crippen molar-refractivity contribution in [1.29, 1.82) is 0 Å². The Kier molecular flexibility index (Phi) is 6.21. The van der Waals surface area contributed by atoms with Gasteiger partial charge in [-0.05, 0) is 48.2 Å². The number of nitrogens with zero attached hydrogens (tertiary/aromatic N) is 2. The lowest BCUT2D eigenvalue weighted by atomic mass is 10.1. The first-order valence-corrected chi connectivity index (χ1v) is 10.7. The second-order valence-electron chi connectivity index (χ2n) is 8.61. The number of piperazine rings is 1. The Morgan fingerprint density at radius 3 is 1.77 bits per heavy atom. The predicted octanol–water partition coefficient (Wildman–Crippen LogP) is 6.20. The van der Waals surface area contributed by atoms with Crippen LogP contribution in [-0.2, 0) is 23.3 Å². The molecule has 1 saturated carbocycles. The van der Waals surface area contributed by atoms with E-state index in [1.807, 2.05) is 0 Å². The third kappa shape index (κ3) is 5.35. The van der Waals surface area contributed by atoms with Gasteiger partial charge in [0.25, 0.3) is 0 Å². The number of hydrogen-bond acceptors (Lipinski definition) is 2. The Labute approximate surface area is 194 Å². The van der Waals surface area contributed by atoms with Crippen molar-refractivity contribution in [3.63, 3.8) is 0 Å². The van der Waals surface area contributed by atoms with E-state index in [1.165, 1.54) is 21.9 Å². The van der Waals surface area contributed by atoms with Crippen LogP contribution >= 0.6 is 0 Å². The van der Waals surface area contributed by atoms with E-state index in [2.05, 4.69) is 0 Å². The van der Waals surface area contributed by atoms with E-state index >= 15 is 0 Å². The smallest absolute Gasteiger partial charge is 0.367 e. The van der Waals surface area contributed by atoms with Crippen molar-refractivity contribution in [3.8, 4) is 0 Å².